The van der Waals surface area contributed by atoms with E-state index in [1.54, 1.807) is 6.20 Å². The zero-order valence-electron chi connectivity index (χ0n) is 12.3. The minimum Gasteiger partial charge on any atom is -0.357 e. The van der Waals surface area contributed by atoms with Crippen molar-refractivity contribution in [2.45, 2.75) is 39.2 Å². The molecular formula is C15H24N4O. The van der Waals surface area contributed by atoms with Gasteiger partial charge < -0.3 is 16.0 Å². The molecule has 1 atom stereocenters. The number of carbonyl (C=O) groups is 1. The number of hydrogen-bond acceptors (Lipinski definition) is 4. The van der Waals surface area contributed by atoms with Crippen LogP contribution in [0.5, 0.6) is 0 Å². The van der Waals surface area contributed by atoms with Crippen molar-refractivity contribution in [2.24, 2.45) is 11.7 Å². The summed E-state index contributed by atoms with van der Waals surface area (Å²) >= 11 is 0. The first-order valence-corrected chi connectivity index (χ1v) is 7.35. The molecule has 0 spiro atoms. The summed E-state index contributed by atoms with van der Waals surface area (Å²) in [6, 6.07) is 3.36. The summed E-state index contributed by atoms with van der Waals surface area (Å²) < 4.78 is 0. The first-order valence-electron chi connectivity index (χ1n) is 7.35. The van der Waals surface area contributed by atoms with E-state index >= 15 is 0 Å². The van der Waals surface area contributed by atoms with Crippen molar-refractivity contribution in [3.8, 4) is 0 Å². The lowest BCUT2D eigenvalue weighted by Gasteiger charge is -2.27. The van der Waals surface area contributed by atoms with Crippen LogP contribution in [0.3, 0.4) is 0 Å². The molecule has 2 heterocycles. The molecule has 0 aromatic carbocycles. The Kier molecular flexibility index (Phi) is 4.95. The number of hydrogen-bond donors (Lipinski definition) is 2. The van der Waals surface area contributed by atoms with Gasteiger partial charge in [0.25, 0.3) is 0 Å². The van der Waals surface area contributed by atoms with Gasteiger partial charge in [-0.05, 0) is 37.3 Å². The van der Waals surface area contributed by atoms with E-state index in [1.807, 2.05) is 26.0 Å². The largest absolute Gasteiger partial charge is 0.357 e. The van der Waals surface area contributed by atoms with E-state index in [0.717, 1.165) is 18.9 Å². The monoisotopic (exact) mass is 276 g/mol. The van der Waals surface area contributed by atoms with E-state index in [0.29, 0.717) is 5.69 Å². The summed E-state index contributed by atoms with van der Waals surface area (Å²) in [5.74, 6) is 0.943. The highest BCUT2D eigenvalue weighted by atomic mass is 16.2. The number of nitrogens with zero attached hydrogens (tertiary/aromatic N) is 2. The lowest BCUT2D eigenvalue weighted by molar-refractivity contribution is -0.118. The number of amides is 1. The fraction of sp³-hybridized carbons (Fsp3) is 0.600. The van der Waals surface area contributed by atoms with Gasteiger partial charge in [0.1, 0.15) is 5.82 Å². The predicted octanol–water partition coefficient (Wildman–Crippen LogP) is 1.99. The maximum atomic E-state index is 11.9. The van der Waals surface area contributed by atoms with Gasteiger partial charge in [-0.15, -0.1) is 0 Å². The summed E-state index contributed by atoms with van der Waals surface area (Å²) in [5, 5.41) is 2.81. The van der Waals surface area contributed by atoms with Crippen molar-refractivity contribution < 1.29 is 4.79 Å². The topological polar surface area (TPSA) is 71.2 Å². The van der Waals surface area contributed by atoms with Crippen molar-refractivity contribution in [3.63, 3.8) is 0 Å². The first-order chi connectivity index (χ1) is 9.58. The van der Waals surface area contributed by atoms with Crippen LogP contribution in [0.1, 0.15) is 33.1 Å². The van der Waals surface area contributed by atoms with Crippen molar-refractivity contribution in [1.29, 1.82) is 0 Å². The van der Waals surface area contributed by atoms with Crippen LogP contribution in [0.4, 0.5) is 11.5 Å². The summed E-state index contributed by atoms with van der Waals surface area (Å²) in [6.45, 7) is 6.00. The van der Waals surface area contributed by atoms with Crippen LogP contribution >= 0.6 is 0 Å². The lowest BCUT2D eigenvalue weighted by Crippen LogP contribution is -2.39. The lowest BCUT2D eigenvalue weighted by atomic mass is 10.1. The van der Waals surface area contributed by atoms with Crippen LogP contribution in [-0.2, 0) is 4.79 Å². The molecule has 0 bridgehead atoms. The van der Waals surface area contributed by atoms with Crippen LogP contribution in [0.25, 0.3) is 0 Å². The zero-order chi connectivity index (χ0) is 14.5. The normalized spacial score (nSPS) is 17.1. The van der Waals surface area contributed by atoms with Crippen LogP contribution in [0, 0.1) is 5.92 Å². The van der Waals surface area contributed by atoms with E-state index in [-0.39, 0.29) is 11.8 Å². The highest BCUT2D eigenvalue weighted by Gasteiger charge is 2.17. The molecule has 1 fully saturated rings. The van der Waals surface area contributed by atoms with Gasteiger partial charge in [0.15, 0.2) is 0 Å². The predicted molar refractivity (Wildman–Crippen MR) is 81.7 cm³/mol. The summed E-state index contributed by atoms with van der Waals surface area (Å²) in [5.41, 5.74) is 6.51. The molecule has 0 radical (unpaired) electrons. The molecule has 1 saturated heterocycles. The maximum absolute atomic E-state index is 11.9. The fourth-order valence-electron chi connectivity index (χ4n) is 2.30. The summed E-state index contributed by atoms with van der Waals surface area (Å²) in [6.07, 6.45) is 5.46. The Balaban J connectivity index is 1.96. The van der Waals surface area contributed by atoms with Crippen molar-refractivity contribution >= 4 is 17.4 Å². The molecule has 0 aliphatic carbocycles. The zero-order valence-corrected chi connectivity index (χ0v) is 12.3. The minimum atomic E-state index is -0.489. The Bertz CT molecular complexity index is 438. The average Bonchev–Trinajstić information content (AvgIpc) is 2.48. The van der Waals surface area contributed by atoms with Crippen molar-refractivity contribution in [1.82, 2.24) is 4.98 Å². The first kappa shape index (κ1) is 14.8. The number of aromatic nitrogens is 1. The van der Waals surface area contributed by atoms with Gasteiger partial charge in [0.2, 0.25) is 5.91 Å². The molecule has 0 saturated carbocycles. The Morgan fingerprint density at radius 1 is 1.30 bits per heavy atom. The molecule has 5 heteroatoms. The second-order valence-corrected chi connectivity index (χ2v) is 5.71. The molecule has 3 N–H and O–H groups in total. The Labute approximate surface area is 120 Å². The number of pyridine rings is 1. The number of nitrogens with one attached hydrogen (secondary N) is 1. The smallest absolute Gasteiger partial charge is 0.241 e. The second kappa shape index (κ2) is 6.70. The van der Waals surface area contributed by atoms with E-state index in [2.05, 4.69) is 15.2 Å². The number of piperidine rings is 1. The second-order valence-electron chi connectivity index (χ2n) is 5.71. The standard InChI is InChI=1S/C15H24N4O/c1-11(2)14(16)15(20)18-12-6-7-13(17-10-12)19-8-4-3-5-9-19/h6-7,10-11,14H,3-5,8-9,16H2,1-2H3,(H,18,20). The third-order valence-electron chi connectivity index (χ3n) is 3.72. The van der Waals surface area contributed by atoms with Crippen LogP contribution in [0.2, 0.25) is 0 Å². The third-order valence-corrected chi connectivity index (χ3v) is 3.72. The van der Waals surface area contributed by atoms with E-state index < -0.39 is 6.04 Å². The number of carbonyl (C=O) groups excluding carboxylic acids is 1. The fourth-order valence-corrected chi connectivity index (χ4v) is 2.30. The van der Waals surface area contributed by atoms with E-state index in [9.17, 15) is 4.79 Å². The van der Waals surface area contributed by atoms with Gasteiger partial charge >= 0.3 is 0 Å². The van der Waals surface area contributed by atoms with Gasteiger partial charge in [-0.25, -0.2) is 4.98 Å². The van der Waals surface area contributed by atoms with Crippen molar-refractivity contribution in [3.05, 3.63) is 18.3 Å². The van der Waals surface area contributed by atoms with Gasteiger partial charge in [-0.2, -0.15) is 0 Å². The molecule has 110 valence electrons. The number of anilines is 2. The number of rotatable bonds is 4. The molecule has 1 amide bonds. The third kappa shape index (κ3) is 3.70. The number of nitrogens with two attached hydrogens (primary N) is 1. The maximum Gasteiger partial charge on any atom is 0.241 e. The van der Waals surface area contributed by atoms with Crippen LogP contribution < -0.4 is 16.0 Å². The summed E-state index contributed by atoms with van der Waals surface area (Å²) in [7, 11) is 0. The van der Waals surface area contributed by atoms with Gasteiger partial charge in [-0.3, -0.25) is 4.79 Å². The molecule has 5 nitrogen and oxygen atoms in total. The average molecular weight is 276 g/mol. The quantitative estimate of drug-likeness (QED) is 0.882. The van der Waals surface area contributed by atoms with Crippen LogP contribution in [-0.4, -0.2) is 30.0 Å². The molecule has 20 heavy (non-hydrogen) atoms. The van der Waals surface area contributed by atoms with E-state index in [1.165, 1.54) is 19.3 Å². The Morgan fingerprint density at radius 2 is 2.00 bits per heavy atom. The Hall–Kier alpha value is -1.62. The molecule has 1 aliphatic heterocycles. The SMILES string of the molecule is CC(C)C(N)C(=O)Nc1ccc(N2CCCCC2)nc1. The minimum absolute atomic E-state index is 0.121. The van der Waals surface area contributed by atoms with E-state index in [4.69, 9.17) is 5.73 Å². The summed E-state index contributed by atoms with van der Waals surface area (Å²) in [4.78, 5) is 18.6. The van der Waals surface area contributed by atoms with Gasteiger partial charge in [-0.1, -0.05) is 13.8 Å². The molecule has 1 unspecified atom stereocenters. The Morgan fingerprint density at radius 3 is 2.55 bits per heavy atom. The van der Waals surface area contributed by atoms with Gasteiger partial charge in [0, 0.05) is 13.1 Å². The highest BCUT2D eigenvalue weighted by molar-refractivity contribution is 5.94. The molecule has 1 aromatic rings. The molecule has 1 aromatic heterocycles. The highest BCUT2D eigenvalue weighted by Crippen LogP contribution is 2.19. The molecule has 1 aliphatic rings. The van der Waals surface area contributed by atoms with Crippen molar-refractivity contribution in [2.75, 3.05) is 23.3 Å². The van der Waals surface area contributed by atoms with Crippen LogP contribution in [0.15, 0.2) is 18.3 Å². The molecular weight excluding hydrogens is 252 g/mol. The molecule has 2 rings (SSSR count). The van der Waals surface area contributed by atoms with Gasteiger partial charge in [0.05, 0.1) is 17.9 Å².